The second kappa shape index (κ2) is 5.81. The number of aromatic nitrogens is 1. The summed E-state index contributed by atoms with van der Waals surface area (Å²) in [6.07, 6.45) is 4.47. The van der Waals surface area contributed by atoms with Crippen LogP contribution in [0.4, 0.5) is 0 Å². The fourth-order valence-electron chi connectivity index (χ4n) is 4.05. The second-order valence-electron chi connectivity index (χ2n) is 7.03. The van der Waals surface area contributed by atoms with Crippen LogP contribution in [0, 0.1) is 5.92 Å². The lowest BCUT2D eigenvalue weighted by atomic mass is 9.79. The highest BCUT2D eigenvalue weighted by atomic mass is 32.2. The van der Waals surface area contributed by atoms with Crippen LogP contribution in [0.2, 0.25) is 0 Å². The normalized spacial score (nSPS) is 29.0. The van der Waals surface area contributed by atoms with Crippen LogP contribution >= 0.6 is 0 Å². The summed E-state index contributed by atoms with van der Waals surface area (Å²) in [6.45, 7) is 4.33. The lowest BCUT2D eigenvalue weighted by Crippen LogP contribution is -2.62. The smallest absolute Gasteiger partial charge is 0.270 e. The van der Waals surface area contributed by atoms with Gasteiger partial charge in [-0.3, -0.25) is 9.69 Å². The van der Waals surface area contributed by atoms with E-state index in [1.807, 2.05) is 0 Å². The van der Waals surface area contributed by atoms with Crippen LogP contribution in [-0.2, 0) is 9.84 Å². The molecule has 0 spiro atoms. The molecule has 0 saturated carbocycles. The van der Waals surface area contributed by atoms with Crippen molar-refractivity contribution < 1.29 is 17.6 Å². The van der Waals surface area contributed by atoms with E-state index in [0.29, 0.717) is 17.5 Å². The summed E-state index contributed by atoms with van der Waals surface area (Å²) in [5, 5.41) is 3.11. The number of nitrogens with one attached hydrogen (secondary N) is 1. The van der Waals surface area contributed by atoms with Crippen molar-refractivity contribution in [2.45, 2.75) is 36.7 Å². The standard InChI is InChI=1S/C17H21N3O4S/c1-10-15(11-5-7-20(10)8-6-11)19-17(21)12-3-4-13-16(18-12)14(9-24-13)25(2,22)23/h3-4,9-11,15H,5-8H2,1-2H3,(H,19,21). The number of amides is 1. The maximum atomic E-state index is 12.7. The summed E-state index contributed by atoms with van der Waals surface area (Å²) in [4.78, 5) is 19.4. The highest BCUT2D eigenvalue weighted by Gasteiger charge is 2.40. The summed E-state index contributed by atoms with van der Waals surface area (Å²) in [5.41, 5.74) is 0.771. The molecule has 2 bridgehead atoms. The molecule has 25 heavy (non-hydrogen) atoms. The zero-order valence-electron chi connectivity index (χ0n) is 14.2. The third kappa shape index (κ3) is 2.83. The zero-order valence-corrected chi connectivity index (χ0v) is 15.0. The Balaban J connectivity index is 1.62. The van der Waals surface area contributed by atoms with E-state index >= 15 is 0 Å². The van der Waals surface area contributed by atoms with E-state index in [1.54, 1.807) is 12.1 Å². The molecule has 5 heterocycles. The molecule has 3 saturated heterocycles. The van der Waals surface area contributed by atoms with E-state index in [4.69, 9.17) is 4.42 Å². The van der Waals surface area contributed by atoms with Gasteiger partial charge in [-0.25, -0.2) is 13.4 Å². The number of nitrogens with zero attached hydrogens (tertiary/aromatic N) is 2. The van der Waals surface area contributed by atoms with Gasteiger partial charge in [0.1, 0.15) is 22.4 Å². The van der Waals surface area contributed by atoms with E-state index in [2.05, 4.69) is 22.1 Å². The third-order valence-corrected chi connectivity index (χ3v) is 6.58. The summed E-state index contributed by atoms with van der Waals surface area (Å²) in [6, 6.07) is 3.57. The van der Waals surface area contributed by atoms with Crippen LogP contribution < -0.4 is 5.32 Å². The quantitative estimate of drug-likeness (QED) is 0.887. The molecule has 1 N–H and O–H groups in total. The Labute approximate surface area is 146 Å². The fraction of sp³-hybridized carbons (Fsp3) is 0.529. The van der Waals surface area contributed by atoms with Gasteiger partial charge in [0.15, 0.2) is 15.4 Å². The van der Waals surface area contributed by atoms with Crippen molar-refractivity contribution in [2.24, 2.45) is 5.92 Å². The first-order chi connectivity index (χ1) is 11.8. The lowest BCUT2D eigenvalue weighted by molar-refractivity contribution is 0.0216. The minimum absolute atomic E-state index is 0.00773. The van der Waals surface area contributed by atoms with Crippen LogP contribution in [0.3, 0.4) is 0 Å². The molecule has 3 fully saturated rings. The van der Waals surface area contributed by atoms with Crippen molar-refractivity contribution in [2.75, 3.05) is 19.3 Å². The molecule has 2 unspecified atom stereocenters. The van der Waals surface area contributed by atoms with Crippen molar-refractivity contribution in [3.05, 3.63) is 24.1 Å². The van der Waals surface area contributed by atoms with Gasteiger partial charge in [0.05, 0.1) is 0 Å². The number of piperidine rings is 3. The van der Waals surface area contributed by atoms with Crippen LogP contribution in [0.1, 0.15) is 30.3 Å². The Hall–Kier alpha value is -1.93. The molecule has 134 valence electrons. The van der Waals surface area contributed by atoms with Gasteiger partial charge in [0.2, 0.25) is 0 Å². The molecule has 0 radical (unpaired) electrons. The summed E-state index contributed by atoms with van der Waals surface area (Å²) in [5.74, 6) is 0.223. The molecule has 3 aliphatic rings. The van der Waals surface area contributed by atoms with Crippen LogP contribution in [-0.4, -0.2) is 55.6 Å². The Bertz CT molecular complexity index is 927. The number of rotatable bonds is 3. The fourth-order valence-corrected chi connectivity index (χ4v) is 4.77. The number of carbonyl (C=O) groups is 1. The SMILES string of the molecule is CC1C(NC(=O)c2ccc3occ(S(C)(=O)=O)c3n2)C2CCN1CC2. The molecule has 0 aliphatic carbocycles. The molecular weight excluding hydrogens is 342 g/mol. The number of hydrogen-bond donors (Lipinski definition) is 1. The lowest BCUT2D eigenvalue weighted by Gasteiger charge is -2.49. The van der Waals surface area contributed by atoms with Gasteiger partial charge in [-0.2, -0.15) is 0 Å². The van der Waals surface area contributed by atoms with Gasteiger partial charge in [0, 0.05) is 18.3 Å². The Morgan fingerprint density at radius 1 is 1.32 bits per heavy atom. The van der Waals surface area contributed by atoms with Crippen molar-refractivity contribution in [1.29, 1.82) is 0 Å². The molecule has 2 aromatic heterocycles. The highest BCUT2D eigenvalue weighted by Crippen LogP contribution is 2.32. The Morgan fingerprint density at radius 2 is 2.04 bits per heavy atom. The number of hydrogen-bond acceptors (Lipinski definition) is 6. The average molecular weight is 363 g/mol. The minimum atomic E-state index is -3.47. The first kappa shape index (κ1) is 16.5. The minimum Gasteiger partial charge on any atom is -0.461 e. The van der Waals surface area contributed by atoms with E-state index < -0.39 is 9.84 Å². The third-order valence-electron chi connectivity index (χ3n) is 5.49. The van der Waals surface area contributed by atoms with Gasteiger partial charge in [-0.1, -0.05) is 0 Å². The number of furan rings is 1. The molecule has 2 atom stereocenters. The summed E-state index contributed by atoms with van der Waals surface area (Å²) in [7, 11) is -3.47. The summed E-state index contributed by atoms with van der Waals surface area (Å²) < 4.78 is 28.9. The van der Waals surface area contributed by atoms with Crippen LogP contribution in [0.15, 0.2) is 27.7 Å². The van der Waals surface area contributed by atoms with Crippen molar-refractivity contribution in [1.82, 2.24) is 15.2 Å². The maximum Gasteiger partial charge on any atom is 0.270 e. The number of pyridine rings is 1. The van der Waals surface area contributed by atoms with Gasteiger partial charge < -0.3 is 9.73 Å². The van der Waals surface area contributed by atoms with Crippen molar-refractivity contribution in [3.8, 4) is 0 Å². The monoisotopic (exact) mass is 363 g/mol. The van der Waals surface area contributed by atoms with Gasteiger partial charge in [-0.05, 0) is 50.9 Å². The highest BCUT2D eigenvalue weighted by molar-refractivity contribution is 7.91. The predicted molar refractivity (Wildman–Crippen MR) is 92.1 cm³/mol. The Morgan fingerprint density at radius 3 is 2.68 bits per heavy atom. The van der Waals surface area contributed by atoms with E-state index in [-0.39, 0.29) is 28.1 Å². The van der Waals surface area contributed by atoms with Crippen LogP contribution in [0.25, 0.3) is 11.1 Å². The predicted octanol–water partition coefficient (Wildman–Crippen LogP) is 1.44. The molecule has 3 aliphatic heterocycles. The molecule has 0 aromatic carbocycles. The maximum absolute atomic E-state index is 12.7. The zero-order chi connectivity index (χ0) is 17.8. The van der Waals surface area contributed by atoms with Crippen molar-refractivity contribution >= 4 is 26.8 Å². The van der Waals surface area contributed by atoms with Crippen molar-refractivity contribution in [3.63, 3.8) is 0 Å². The topological polar surface area (TPSA) is 92.5 Å². The van der Waals surface area contributed by atoms with E-state index in [9.17, 15) is 13.2 Å². The molecule has 7 nitrogen and oxygen atoms in total. The summed E-state index contributed by atoms with van der Waals surface area (Å²) >= 11 is 0. The molecule has 1 amide bonds. The number of sulfone groups is 1. The largest absolute Gasteiger partial charge is 0.461 e. The average Bonchev–Trinajstić information content (AvgIpc) is 3.01. The number of carbonyl (C=O) groups excluding carboxylic acids is 1. The second-order valence-corrected chi connectivity index (χ2v) is 9.01. The van der Waals surface area contributed by atoms with E-state index in [1.165, 1.54) is 6.26 Å². The number of fused-ring (bicyclic) bond motifs is 4. The van der Waals surface area contributed by atoms with Gasteiger partial charge in [0.25, 0.3) is 5.91 Å². The molecule has 2 aromatic rings. The van der Waals surface area contributed by atoms with Gasteiger partial charge >= 0.3 is 0 Å². The molecular formula is C17H21N3O4S. The van der Waals surface area contributed by atoms with Crippen LogP contribution in [0.5, 0.6) is 0 Å². The molecule has 8 heteroatoms. The molecule has 5 rings (SSSR count). The Kier molecular flexibility index (Phi) is 3.84. The first-order valence-electron chi connectivity index (χ1n) is 8.48. The van der Waals surface area contributed by atoms with Gasteiger partial charge in [-0.15, -0.1) is 0 Å². The van der Waals surface area contributed by atoms with E-state index in [0.717, 1.165) is 32.2 Å². The first-order valence-corrected chi connectivity index (χ1v) is 10.4.